The summed E-state index contributed by atoms with van der Waals surface area (Å²) in [5.41, 5.74) is 4.34. The Hall–Kier alpha value is -1.33. The van der Waals surface area contributed by atoms with Gasteiger partial charge in [0.25, 0.3) is 0 Å². The predicted octanol–water partition coefficient (Wildman–Crippen LogP) is 3.00. The summed E-state index contributed by atoms with van der Waals surface area (Å²) in [6, 6.07) is 16.9. The number of rotatable bonds is 3. The van der Waals surface area contributed by atoms with Crippen LogP contribution >= 0.6 is 0 Å². The van der Waals surface area contributed by atoms with E-state index in [0.717, 1.165) is 22.6 Å². The Kier molecular flexibility index (Phi) is 3.81. The Morgan fingerprint density at radius 1 is 1.09 bits per heavy atom. The van der Waals surface area contributed by atoms with E-state index >= 15 is 0 Å². The highest BCUT2D eigenvalue weighted by Crippen LogP contribution is 2.47. The minimum Gasteiger partial charge on any atom is -0.492 e. The second kappa shape index (κ2) is 5.39. The van der Waals surface area contributed by atoms with Crippen molar-refractivity contribution in [2.75, 3.05) is 6.61 Å². The average Bonchev–Trinajstić information content (AvgIpc) is 2.77. The van der Waals surface area contributed by atoms with Crippen molar-refractivity contribution in [3.63, 3.8) is 0 Å². The van der Waals surface area contributed by atoms with Crippen molar-refractivity contribution in [3.8, 4) is 5.75 Å². The van der Waals surface area contributed by atoms with Gasteiger partial charge in [0.15, 0.2) is 0 Å². The van der Waals surface area contributed by atoms with E-state index in [1.807, 2.05) is 0 Å². The van der Waals surface area contributed by atoms with Gasteiger partial charge in [0.05, 0.1) is 5.41 Å². The molecule has 0 aliphatic carbocycles. The summed E-state index contributed by atoms with van der Waals surface area (Å²) in [5, 5.41) is 1.53. The first-order valence-corrected chi connectivity index (χ1v) is 12.8. The largest absolute Gasteiger partial charge is 0.492 e. The minimum atomic E-state index is -1.25. The third kappa shape index (κ3) is 2.68. The fourth-order valence-corrected chi connectivity index (χ4v) is 7.38. The molecule has 1 unspecified atom stereocenters. The zero-order valence-electron chi connectivity index (χ0n) is 14.4. The van der Waals surface area contributed by atoms with E-state index in [4.69, 9.17) is 4.74 Å². The molecule has 1 heterocycles. The van der Waals surface area contributed by atoms with Gasteiger partial charge < -0.3 is 4.74 Å². The lowest BCUT2D eigenvalue weighted by Gasteiger charge is -2.35. The molecule has 1 aliphatic rings. The molecule has 0 amide bonds. The number of para-hydroxylation sites is 1. The van der Waals surface area contributed by atoms with E-state index in [9.17, 15) is 0 Å². The molecule has 0 fully saturated rings. The van der Waals surface area contributed by atoms with E-state index in [2.05, 4.69) is 69.0 Å². The highest BCUT2D eigenvalue weighted by molar-refractivity contribution is 6.76. The van der Waals surface area contributed by atoms with Crippen molar-refractivity contribution in [2.24, 2.45) is 0 Å². The van der Waals surface area contributed by atoms with Crippen LogP contribution in [-0.2, 0) is 5.41 Å². The van der Waals surface area contributed by atoms with Crippen LogP contribution < -0.4 is 9.92 Å². The first-order chi connectivity index (χ1) is 10.3. The van der Waals surface area contributed by atoms with Crippen LogP contribution in [0.2, 0.25) is 25.7 Å². The molecule has 3 heteroatoms. The predicted molar refractivity (Wildman–Crippen MR) is 102 cm³/mol. The van der Waals surface area contributed by atoms with Gasteiger partial charge in [-0.05, 0) is 24.6 Å². The van der Waals surface area contributed by atoms with Crippen LogP contribution in [0.5, 0.6) is 5.75 Å². The molecule has 2 aromatic carbocycles. The molecule has 0 N–H and O–H groups in total. The highest BCUT2D eigenvalue weighted by atomic mass is 28.3. The zero-order chi connectivity index (χ0) is 16.0. The number of benzene rings is 2. The van der Waals surface area contributed by atoms with Crippen LogP contribution in [0, 0.1) is 6.92 Å². The van der Waals surface area contributed by atoms with E-state index in [-0.39, 0.29) is 5.41 Å². The smallest absolute Gasteiger partial charge is 0.123 e. The lowest BCUT2D eigenvalue weighted by molar-refractivity contribution is 0.302. The summed E-state index contributed by atoms with van der Waals surface area (Å²) in [6.45, 7) is 10.4. The van der Waals surface area contributed by atoms with Gasteiger partial charge in [0.2, 0.25) is 0 Å². The van der Waals surface area contributed by atoms with Gasteiger partial charge >= 0.3 is 0 Å². The van der Waals surface area contributed by atoms with Crippen molar-refractivity contribution in [2.45, 2.75) is 38.0 Å². The van der Waals surface area contributed by atoms with Crippen LogP contribution in [0.4, 0.5) is 0 Å². The molecular formula is C19H26OSi2. The molecule has 0 bridgehead atoms. The second-order valence-corrected chi connectivity index (χ2v) is 14.5. The third-order valence-corrected chi connectivity index (χ3v) is 7.10. The molecule has 1 nitrogen and oxygen atoms in total. The SMILES string of the molecule is Cc1ccc(C2(C[Si](C)(C)C)COc3ccccc32)c([SiH3])c1. The van der Waals surface area contributed by atoms with Crippen LogP contribution in [0.25, 0.3) is 0 Å². The van der Waals surface area contributed by atoms with Crippen LogP contribution in [0.3, 0.4) is 0 Å². The Morgan fingerprint density at radius 3 is 2.50 bits per heavy atom. The Morgan fingerprint density at radius 2 is 1.82 bits per heavy atom. The molecule has 1 atom stereocenters. The molecule has 22 heavy (non-hydrogen) atoms. The maximum Gasteiger partial charge on any atom is 0.123 e. The van der Waals surface area contributed by atoms with Gasteiger partial charge in [-0.15, -0.1) is 0 Å². The summed E-state index contributed by atoms with van der Waals surface area (Å²) < 4.78 is 6.14. The van der Waals surface area contributed by atoms with E-state index in [0.29, 0.717) is 0 Å². The van der Waals surface area contributed by atoms with Gasteiger partial charge in [0, 0.05) is 23.9 Å². The molecule has 2 aromatic rings. The van der Waals surface area contributed by atoms with Crippen molar-refractivity contribution < 1.29 is 4.74 Å². The summed E-state index contributed by atoms with van der Waals surface area (Å²) in [4.78, 5) is 0. The number of hydrogen-bond acceptors (Lipinski definition) is 1. The molecule has 0 aromatic heterocycles. The topological polar surface area (TPSA) is 9.23 Å². The fraction of sp³-hybridized carbons (Fsp3) is 0.368. The Bertz CT molecular complexity index is 703. The van der Waals surface area contributed by atoms with E-state index in [1.54, 1.807) is 0 Å². The van der Waals surface area contributed by atoms with E-state index < -0.39 is 8.07 Å². The van der Waals surface area contributed by atoms with Crippen LogP contribution in [0.1, 0.15) is 16.7 Å². The van der Waals surface area contributed by atoms with Gasteiger partial charge in [0.1, 0.15) is 12.4 Å². The number of fused-ring (bicyclic) bond motifs is 1. The first-order valence-electron chi connectivity index (χ1n) is 8.12. The summed E-state index contributed by atoms with van der Waals surface area (Å²) in [7, 11) is -0.162. The zero-order valence-corrected chi connectivity index (χ0v) is 17.4. The van der Waals surface area contributed by atoms with Crippen molar-refractivity contribution in [3.05, 3.63) is 59.2 Å². The highest BCUT2D eigenvalue weighted by Gasteiger charge is 2.45. The Balaban J connectivity index is 2.22. The molecule has 116 valence electrons. The lowest BCUT2D eigenvalue weighted by atomic mass is 9.77. The fourth-order valence-electron chi connectivity index (χ4n) is 3.99. The van der Waals surface area contributed by atoms with Gasteiger partial charge in [-0.25, -0.2) is 0 Å². The molecule has 0 saturated heterocycles. The second-order valence-electron chi connectivity index (χ2n) is 7.92. The van der Waals surface area contributed by atoms with Crippen molar-refractivity contribution in [1.82, 2.24) is 0 Å². The normalized spacial score (nSPS) is 20.7. The van der Waals surface area contributed by atoms with E-state index in [1.165, 1.54) is 27.9 Å². The molecule has 3 rings (SSSR count). The molecule has 0 radical (unpaired) electrons. The molecule has 0 spiro atoms. The number of aryl methyl sites for hydroxylation is 1. The van der Waals surface area contributed by atoms with Gasteiger partial charge in [-0.1, -0.05) is 66.8 Å². The Labute approximate surface area is 138 Å². The molecular weight excluding hydrogens is 300 g/mol. The van der Waals surface area contributed by atoms with Crippen molar-refractivity contribution in [1.29, 1.82) is 0 Å². The lowest BCUT2D eigenvalue weighted by Crippen LogP contribution is -2.41. The summed E-state index contributed by atoms with van der Waals surface area (Å²) >= 11 is 0. The number of ether oxygens (including phenoxy) is 1. The van der Waals surface area contributed by atoms with Crippen LogP contribution in [0.15, 0.2) is 42.5 Å². The maximum atomic E-state index is 6.14. The van der Waals surface area contributed by atoms with Gasteiger partial charge in [-0.3, -0.25) is 0 Å². The monoisotopic (exact) mass is 326 g/mol. The maximum absolute atomic E-state index is 6.14. The first kappa shape index (κ1) is 15.6. The minimum absolute atomic E-state index is 0.0614. The van der Waals surface area contributed by atoms with Crippen LogP contribution in [-0.4, -0.2) is 24.9 Å². The summed E-state index contributed by atoms with van der Waals surface area (Å²) in [5.74, 6) is 1.09. The number of hydrogen-bond donors (Lipinski definition) is 0. The molecule has 0 saturated carbocycles. The third-order valence-electron chi connectivity index (χ3n) is 4.61. The van der Waals surface area contributed by atoms with Gasteiger partial charge in [-0.2, -0.15) is 0 Å². The quantitative estimate of drug-likeness (QED) is 0.788. The van der Waals surface area contributed by atoms with Crippen molar-refractivity contribution >= 4 is 23.5 Å². The average molecular weight is 327 g/mol. The standard InChI is InChI=1S/C19H26OSi2/c1-14-9-10-16(18(21)11-14)19(13-22(2,3)4)12-20-17-8-6-5-7-15(17)19/h5-11H,12-13H2,1-4,21H3. The summed E-state index contributed by atoms with van der Waals surface area (Å²) in [6.07, 6.45) is 0. The molecule has 1 aliphatic heterocycles.